The number of halogens is 2. The van der Waals surface area contributed by atoms with Crippen LogP contribution in [0.2, 0.25) is 5.02 Å². The van der Waals surface area contributed by atoms with Crippen LogP contribution in [0.3, 0.4) is 0 Å². The molecule has 2 nitrogen and oxygen atoms in total. The average Bonchev–Trinajstić information content (AvgIpc) is 2.77. The fourth-order valence-electron chi connectivity index (χ4n) is 3.18. The zero-order valence-electron chi connectivity index (χ0n) is 10.3. The first-order valence-corrected chi connectivity index (χ1v) is 7.00. The van der Waals surface area contributed by atoms with Crippen LogP contribution in [-0.4, -0.2) is 30.6 Å². The Morgan fingerprint density at radius 2 is 2.28 bits per heavy atom. The molecule has 18 heavy (non-hydrogen) atoms. The minimum atomic E-state index is -0.262. The van der Waals surface area contributed by atoms with Crippen molar-refractivity contribution >= 4 is 11.6 Å². The van der Waals surface area contributed by atoms with Crippen molar-refractivity contribution in [3.8, 4) is 0 Å². The molecule has 1 aromatic rings. The van der Waals surface area contributed by atoms with Crippen molar-refractivity contribution in [1.82, 2.24) is 10.2 Å². The quantitative estimate of drug-likeness (QED) is 0.887. The van der Waals surface area contributed by atoms with Crippen LogP contribution >= 0.6 is 11.6 Å². The molecular weight excluding hydrogens is 251 g/mol. The van der Waals surface area contributed by atoms with E-state index in [9.17, 15) is 4.39 Å². The minimum absolute atomic E-state index is 0.224. The molecule has 0 spiro atoms. The Balaban J connectivity index is 1.68. The van der Waals surface area contributed by atoms with E-state index in [0.717, 1.165) is 25.6 Å². The third-order valence-corrected chi connectivity index (χ3v) is 4.39. The van der Waals surface area contributed by atoms with Gasteiger partial charge in [-0.3, -0.25) is 4.90 Å². The summed E-state index contributed by atoms with van der Waals surface area (Å²) in [7, 11) is 0. The zero-order valence-corrected chi connectivity index (χ0v) is 11.1. The summed E-state index contributed by atoms with van der Waals surface area (Å²) in [5.41, 5.74) is 0.709. The number of rotatable bonds is 2. The molecule has 2 aliphatic rings. The van der Waals surface area contributed by atoms with Crippen LogP contribution in [-0.2, 0) is 6.54 Å². The van der Waals surface area contributed by atoms with Gasteiger partial charge in [0.15, 0.2) is 0 Å². The molecule has 0 aliphatic carbocycles. The van der Waals surface area contributed by atoms with Gasteiger partial charge in [0.05, 0.1) is 5.02 Å². The van der Waals surface area contributed by atoms with Gasteiger partial charge in [0.2, 0.25) is 0 Å². The first-order valence-electron chi connectivity index (χ1n) is 6.62. The molecule has 3 rings (SSSR count). The molecule has 0 bridgehead atoms. The van der Waals surface area contributed by atoms with Crippen molar-refractivity contribution in [3.63, 3.8) is 0 Å². The number of fused-ring (bicyclic) bond motifs is 1. The molecule has 98 valence electrons. The smallest absolute Gasteiger partial charge is 0.146 e. The summed E-state index contributed by atoms with van der Waals surface area (Å²) < 4.78 is 13.9. The highest BCUT2D eigenvalue weighted by Crippen LogP contribution is 2.27. The molecule has 2 aliphatic heterocycles. The molecule has 0 aromatic heterocycles. The maximum Gasteiger partial charge on any atom is 0.146 e. The zero-order chi connectivity index (χ0) is 12.5. The molecule has 1 N–H and O–H groups in total. The van der Waals surface area contributed by atoms with Gasteiger partial charge in [-0.1, -0.05) is 23.7 Å². The first-order chi connectivity index (χ1) is 8.74. The molecule has 2 unspecified atom stereocenters. The largest absolute Gasteiger partial charge is 0.312 e. The summed E-state index contributed by atoms with van der Waals surface area (Å²) in [4.78, 5) is 2.34. The van der Waals surface area contributed by atoms with E-state index in [0.29, 0.717) is 18.2 Å². The highest BCUT2D eigenvalue weighted by atomic mass is 35.5. The van der Waals surface area contributed by atoms with Crippen molar-refractivity contribution in [1.29, 1.82) is 0 Å². The number of hydrogen-bond acceptors (Lipinski definition) is 2. The van der Waals surface area contributed by atoms with Gasteiger partial charge in [0.1, 0.15) is 5.82 Å². The molecule has 2 atom stereocenters. The molecule has 0 amide bonds. The van der Waals surface area contributed by atoms with Gasteiger partial charge in [0.25, 0.3) is 0 Å². The number of benzene rings is 1. The normalized spacial score (nSPS) is 28.3. The van der Waals surface area contributed by atoms with Crippen LogP contribution in [0.4, 0.5) is 4.39 Å². The van der Waals surface area contributed by atoms with E-state index in [-0.39, 0.29) is 10.8 Å². The van der Waals surface area contributed by atoms with Gasteiger partial charge in [-0.25, -0.2) is 4.39 Å². The van der Waals surface area contributed by atoms with Gasteiger partial charge < -0.3 is 5.32 Å². The van der Waals surface area contributed by atoms with Crippen molar-refractivity contribution in [3.05, 3.63) is 34.6 Å². The number of nitrogens with zero attached hydrogens (tertiary/aromatic N) is 1. The Morgan fingerprint density at radius 3 is 3.11 bits per heavy atom. The Kier molecular flexibility index (Phi) is 3.55. The van der Waals surface area contributed by atoms with E-state index in [4.69, 9.17) is 11.6 Å². The molecular formula is C14H18ClFN2. The van der Waals surface area contributed by atoms with Gasteiger partial charge in [-0.2, -0.15) is 0 Å². The number of likely N-dealkylation sites (tertiary alicyclic amines) is 1. The van der Waals surface area contributed by atoms with Crippen LogP contribution in [0.25, 0.3) is 0 Å². The van der Waals surface area contributed by atoms with Gasteiger partial charge >= 0.3 is 0 Å². The van der Waals surface area contributed by atoms with Crippen molar-refractivity contribution < 1.29 is 4.39 Å². The standard InChI is InChI=1S/C14H18ClFN2/c15-12-5-1-3-11(14(12)16)8-18-7-10-4-2-6-17-13(10)9-18/h1,3,5,10,13,17H,2,4,6-9H2. The summed E-state index contributed by atoms with van der Waals surface area (Å²) in [6.45, 7) is 3.89. The van der Waals surface area contributed by atoms with E-state index in [1.54, 1.807) is 6.07 Å². The maximum atomic E-state index is 13.9. The molecule has 0 radical (unpaired) electrons. The van der Waals surface area contributed by atoms with Crippen LogP contribution < -0.4 is 5.32 Å². The van der Waals surface area contributed by atoms with Gasteiger partial charge in [-0.05, 0) is 31.4 Å². The summed E-state index contributed by atoms with van der Waals surface area (Å²) in [5, 5.41) is 3.79. The Labute approximate surface area is 112 Å². The Bertz CT molecular complexity index is 424. The highest BCUT2D eigenvalue weighted by Gasteiger charge is 2.34. The van der Waals surface area contributed by atoms with E-state index in [1.807, 2.05) is 12.1 Å². The summed E-state index contributed by atoms with van der Waals surface area (Å²) in [6, 6.07) is 5.85. The fourth-order valence-corrected chi connectivity index (χ4v) is 3.37. The van der Waals surface area contributed by atoms with Crippen LogP contribution in [0.5, 0.6) is 0 Å². The molecule has 2 fully saturated rings. The molecule has 2 saturated heterocycles. The van der Waals surface area contributed by atoms with Crippen molar-refractivity contribution in [2.24, 2.45) is 5.92 Å². The molecule has 4 heteroatoms. The van der Waals surface area contributed by atoms with Crippen LogP contribution in [0, 0.1) is 11.7 Å². The number of nitrogens with one attached hydrogen (secondary N) is 1. The molecule has 1 aromatic carbocycles. The minimum Gasteiger partial charge on any atom is -0.312 e. The van der Waals surface area contributed by atoms with Crippen molar-refractivity contribution in [2.45, 2.75) is 25.4 Å². The average molecular weight is 269 g/mol. The second-order valence-corrected chi connectivity index (χ2v) is 5.78. The van der Waals surface area contributed by atoms with Crippen molar-refractivity contribution in [2.75, 3.05) is 19.6 Å². The van der Waals surface area contributed by atoms with Gasteiger partial charge in [-0.15, -0.1) is 0 Å². The van der Waals surface area contributed by atoms with Crippen LogP contribution in [0.1, 0.15) is 18.4 Å². The predicted molar refractivity (Wildman–Crippen MR) is 71.2 cm³/mol. The fraction of sp³-hybridized carbons (Fsp3) is 0.571. The highest BCUT2D eigenvalue weighted by molar-refractivity contribution is 6.30. The van der Waals surface area contributed by atoms with E-state index in [1.165, 1.54) is 12.8 Å². The second kappa shape index (κ2) is 5.16. The number of hydrogen-bond donors (Lipinski definition) is 1. The Hall–Kier alpha value is -0.640. The lowest BCUT2D eigenvalue weighted by atomic mass is 9.94. The maximum absolute atomic E-state index is 13.9. The monoisotopic (exact) mass is 268 g/mol. The Morgan fingerprint density at radius 1 is 1.39 bits per heavy atom. The lowest BCUT2D eigenvalue weighted by Crippen LogP contribution is -2.40. The number of piperidine rings is 1. The topological polar surface area (TPSA) is 15.3 Å². The van der Waals surface area contributed by atoms with E-state index < -0.39 is 0 Å². The lowest BCUT2D eigenvalue weighted by Gasteiger charge is -2.24. The first kappa shape index (κ1) is 12.4. The molecule has 2 heterocycles. The summed E-state index contributed by atoms with van der Waals surface area (Å²) >= 11 is 5.82. The van der Waals surface area contributed by atoms with E-state index >= 15 is 0 Å². The lowest BCUT2D eigenvalue weighted by molar-refractivity contribution is 0.308. The van der Waals surface area contributed by atoms with Crippen LogP contribution in [0.15, 0.2) is 18.2 Å². The van der Waals surface area contributed by atoms with E-state index in [2.05, 4.69) is 10.2 Å². The molecule has 0 saturated carbocycles. The summed E-state index contributed by atoms with van der Waals surface area (Å²) in [5.74, 6) is 0.475. The SMILES string of the molecule is Fc1c(Cl)cccc1CN1CC2CCCNC2C1. The van der Waals surface area contributed by atoms with Gasteiger partial charge in [0, 0.05) is 31.2 Å². The third-order valence-electron chi connectivity index (χ3n) is 4.10. The predicted octanol–water partition coefficient (Wildman–Crippen LogP) is 2.66. The summed E-state index contributed by atoms with van der Waals surface area (Å²) in [6.07, 6.45) is 2.56. The third kappa shape index (κ3) is 2.40. The second-order valence-electron chi connectivity index (χ2n) is 5.37.